The van der Waals surface area contributed by atoms with Gasteiger partial charge in [0.25, 0.3) is 0 Å². The molecule has 4 heterocycles. The van der Waals surface area contributed by atoms with Crippen LogP contribution in [0.2, 0.25) is 0 Å². The summed E-state index contributed by atoms with van der Waals surface area (Å²) in [7, 11) is 0. The Balaban J connectivity index is 1.79. The molecule has 0 fully saturated rings. The molecular weight excluding hydrogens is 316 g/mol. The molecule has 0 aliphatic carbocycles. The van der Waals surface area contributed by atoms with E-state index in [1.165, 1.54) is 6.33 Å². The smallest absolute Gasteiger partial charge is 0.153 e. The van der Waals surface area contributed by atoms with E-state index >= 15 is 0 Å². The van der Waals surface area contributed by atoms with Gasteiger partial charge in [-0.15, -0.1) is 0 Å². The van der Waals surface area contributed by atoms with E-state index in [1.807, 2.05) is 37.4 Å². The average Bonchev–Trinajstić information content (AvgIpc) is 3.09. The Morgan fingerprint density at radius 3 is 2.80 bits per heavy atom. The van der Waals surface area contributed by atoms with Crippen molar-refractivity contribution in [3.63, 3.8) is 0 Å². The van der Waals surface area contributed by atoms with Crippen LogP contribution in [0.15, 0.2) is 55.2 Å². The molecule has 0 aromatic carbocycles. The van der Waals surface area contributed by atoms with E-state index in [-0.39, 0.29) is 6.04 Å². The van der Waals surface area contributed by atoms with Gasteiger partial charge in [0.05, 0.1) is 11.7 Å². The average molecular weight is 332 g/mol. The largest absolute Gasteiger partial charge is 0.384 e. The number of nitrogens with two attached hydrogens (primary N) is 1. The van der Waals surface area contributed by atoms with Crippen LogP contribution >= 0.6 is 0 Å². The number of nitrogen functional groups attached to an aromatic ring is 1. The predicted octanol–water partition coefficient (Wildman–Crippen LogP) is 2.34. The second kappa shape index (κ2) is 6.16. The number of rotatable bonds is 4. The van der Waals surface area contributed by atoms with Crippen molar-refractivity contribution in [2.24, 2.45) is 0 Å². The van der Waals surface area contributed by atoms with E-state index in [4.69, 9.17) is 5.73 Å². The molecule has 0 amide bonds. The maximum atomic E-state index is 5.73. The number of hydrogen-bond acceptors (Lipinski definition) is 7. The first-order chi connectivity index (χ1) is 12.2. The zero-order valence-corrected chi connectivity index (χ0v) is 13.5. The van der Waals surface area contributed by atoms with Gasteiger partial charge in [-0.25, -0.2) is 19.5 Å². The van der Waals surface area contributed by atoms with Gasteiger partial charge in [0, 0.05) is 30.2 Å². The SMILES string of the molecule is CC(Nc1cc(N)ncn1)c1cc2nccn2nc1-c1ccccn1. The Bertz CT molecular complexity index is 1010. The summed E-state index contributed by atoms with van der Waals surface area (Å²) in [5.74, 6) is 1.06. The van der Waals surface area contributed by atoms with E-state index in [0.29, 0.717) is 11.6 Å². The molecule has 124 valence electrons. The standard InChI is InChI=1S/C17H16N8/c1-11(23-15-9-14(18)21-10-22-15)12-8-16-20-6-7-25(16)24-17(12)13-4-2-3-5-19-13/h2-11H,1H3,(H3,18,21,22,23). The highest BCUT2D eigenvalue weighted by atomic mass is 15.2. The highest BCUT2D eigenvalue weighted by Gasteiger charge is 2.17. The fraction of sp³-hybridized carbons (Fsp3) is 0.118. The summed E-state index contributed by atoms with van der Waals surface area (Å²) in [6.45, 7) is 2.03. The third-order valence-electron chi connectivity index (χ3n) is 3.84. The van der Waals surface area contributed by atoms with Gasteiger partial charge in [0.1, 0.15) is 23.7 Å². The van der Waals surface area contributed by atoms with E-state index in [9.17, 15) is 0 Å². The predicted molar refractivity (Wildman–Crippen MR) is 94.7 cm³/mol. The van der Waals surface area contributed by atoms with Crippen LogP contribution in [-0.4, -0.2) is 29.5 Å². The van der Waals surface area contributed by atoms with Crippen LogP contribution in [0, 0.1) is 0 Å². The fourth-order valence-electron chi connectivity index (χ4n) is 2.65. The Morgan fingerprint density at radius 1 is 1.08 bits per heavy atom. The Morgan fingerprint density at radius 2 is 2.00 bits per heavy atom. The van der Waals surface area contributed by atoms with Crippen molar-refractivity contribution in [1.82, 2.24) is 29.5 Å². The van der Waals surface area contributed by atoms with Gasteiger partial charge in [0.2, 0.25) is 0 Å². The second-order valence-corrected chi connectivity index (χ2v) is 5.59. The minimum atomic E-state index is -0.0829. The molecule has 8 heteroatoms. The molecule has 0 saturated heterocycles. The summed E-state index contributed by atoms with van der Waals surface area (Å²) in [5, 5.41) is 8.01. The van der Waals surface area contributed by atoms with Crippen LogP contribution in [-0.2, 0) is 0 Å². The molecule has 3 N–H and O–H groups in total. The van der Waals surface area contributed by atoms with Crippen molar-refractivity contribution in [3.8, 4) is 11.4 Å². The van der Waals surface area contributed by atoms with E-state index in [1.54, 1.807) is 23.0 Å². The van der Waals surface area contributed by atoms with Gasteiger partial charge >= 0.3 is 0 Å². The van der Waals surface area contributed by atoms with E-state index < -0.39 is 0 Å². The summed E-state index contributed by atoms with van der Waals surface area (Å²) in [6, 6.07) is 9.36. The highest BCUT2D eigenvalue weighted by Crippen LogP contribution is 2.28. The molecule has 0 spiro atoms. The monoisotopic (exact) mass is 332 g/mol. The van der Waals surface area contributed by atoms with Gasteiger partial charge in [-0.1, -0.05) is 6.07 Å². The minimum absolute atomic E-state index is 0.0829. The van der Waals surface area contributed by atoms with Crippen molar-refractivity contribution in [3.05, 3.63) is 60.8 Å². The van der Waals surface area contributed by atoms with Crippen LogP contribution in [0.5, 0.6) is 0 Å². The van der Waals surface area contributed by atoms with Crippen LogP contribution in [0.4, 0.5) is 11.6 Å². The number of hydrogen-bond donors (Lipinski definition) is 2. The van der Waals surface area contributed by atoms with Crippen LogP contribution < -0.4 is 11.1 Å². The van der Waals surface area contributed by atoms with Crippen molar-refractivity contribution in [2.45, 2.75) is 13.0 Å². The molecule has 1 atom stereocenters. The highest BCUT2D eigenvalue weighted by molar-refractivity contribution is 5.63. The lowest BCUT2D eigenvalue weighted by Crippen LogP contribution is -2.12. The molecule has 0 aliphatic heterocycles. The Hall–Kier alpha value is -3.55. The van der Waals surface area contributed by atoms with Crippen molar-refractivity contribution in [1.29, 1.82) is 0 Å². The van der Waals surface area contributed by atoms with Crippen LogP contribution in [0.3, 0.4) is 0 Å². The van der Waals surface area contributed by atoms with Gasteiger partial charge in [-0.05, 0) is 25.1 Å². The number of nitrogens with zero attached hydrogens (tertiary/aromatic N) is 6. The number of aromatic nitrogens is 6. The zero-order valence-electron chi connectivity index (χ0n) is 13.5. The third kappa shape index (κ3) is 2.97. The molecule has 25 heavy (non-hydrogen) atoms. The third-order valence-corrected chi connectivity index (χ3v) is 3.84. The number of imidazole rings is 1. The second-order valence-electron chi connectivity index (χ2n) is 5.59. The summed E-state index contributed by atoms with van der Waals surface area (Å²) in [5.41, 5.74) is 9.04. The molecular formula is C17H16N8. The first-order valence-electron chi connectivity index (χ1n) is 7.80. The Kier molecular flexibility index (Phi) is 3.70. The lowest BCUT2D eigenvalue weighted by atomic mass is 10.0. The molecule has 0 radical (unpaired) electrons. The number of fused-ring (bicyclic) bond motifs is 1. The molecule has 8 nitrogen and oxygen atoms in total. The lowest BCUT2D eigenvalue weighted by Gasteiger charge is -2.18. The topological polar surface area (TPSA) is 107 Å². The molecule has 4 aromatic heterocycles. The maximum absolute atomic E-state index is 5.73. The van der Waals surface area contributed by atoms with Gasteiger partial charge < -0.3 is 11.1 Å². The minimum Gasteiger partial charge on any atom is -0.384 e. The van der Waals surface area contributed by atoms with Gasteiger partial charge in [-0.3, -0.25) is 4.98 Å². The number of anilines is 2. The first kappa shape index (κ1) is 15.0. The van der Waals surface area contributed by atoms with Crippen molar-refractivity contribution >= 4 is 17.3 Å². The molecule has 4 aromatic rings. The number of nitrogens with one attached hydrogen (secondary N) is 1. The fourth-order valence-corrected chi connectivity index (χ4v) is 2.65. The van der Waals surface area contributed by atoms with Crippen molar-refractivity contribution < 1.29 is 0 Å². The summed E-state index contributed by atoms with van der Waals surface area (Å²) in [6.07, 6.45) is 6.72. The molecule has 0 bridgehead atoms. The molecule has 0 aliphatic rings. The zero-order chi connectivity index (χ0) is 17.2. The normalized spacial score (nSPS) is 12.2. The summed E-state index contributed by atoms with van der Waals surface area (Å²) < 4.78 is 1.74. The van der Waals surface area contributed by atoms with Crippen molar-refractivity contribution in [2.75, 3.05) is 11.1 Å². The van der Waals surface area contributed by atoms with E-state index in [0.717, 1.165) is 22.6 Å². The quantitative estimate of drug-likeness (QED) is 0.590. The lowest BCUT2D eigenvalue weighted by molar-refractivity contribution is 0.838. The molecule has 4 rings (SSSR count). The van der Waals surface area contributed by atoms with Gasteiger partial charge in [-0.2, -0.15) is 5.10 Å². The molecule has 1 unspecified atom stereocenters. The van der Waals surface area contributed by atoms with E-state index in [2.05, 4.69) is 30.4 Å². The summed E-state index contributed by atoms with van der Waals surface area (Å²) >= 11 is 0. The summed E-state index contributed by atoms with van der Waals surface area (Å²) in [4.78, 5) is 16.9. The van der Waals surface area contributed by atoms with Gasteiger partial charge in [0.15, 0.2) is 5.65 Å². The first-order valence-corrected chi connectivity index (χ1v) is 7.80. The maximum Gasteiger partial charge on any atom is 0.153 e. The van der Waals surface area contributed by atoms with Crippen LogP contribution in [0.25, 0.3) is 17.0 Å². The Labute approximate surface area is 143 Å². The number of pyridine rings is 1. The molecule has 0 saturated carbocycles. The van der Waals surface area contributed by atoms with Crippen LogP contribution in [0.1, 0.15) is 18.5 Å².